The van der Waals surface area contributed by atoms with Crippen molar-refractivity contribution in [2.75, 3.05) is 0 Å². The number of amides is 1. The lowest BCUT2D eigenvalue weighted by atomic mass is 10.1. The SMILES string of the molecule is CC=CC(=O)NC(C)c1ccc(Cl)c(Cl)c1. The van der Waals surface area contributed by atoms with Gasteiger partial charge in [-0.2, -0.15) is 0 Å². The van der Waals surface area contributed by atoms with Crippen LogP contribution in [-0.4, -0.2) is 5.91 Å². The van der Waals surface area contributed by atoms with Gasteiger partial charge in [-0.15, -0.1) is 0 Å². The molecule has 0 bridgehead atoms. The van der Waals surface area contributed by atoms with E-state index in [4.69, 9.17) is 23.2 Å². The lowest BCUT2D eigenvalue weighted by Gasteiger charge is -2.13. The van der Waals surface area contributed by atoms with Gasteiger partial charge in [-0.3, -0.25) is 4.79 Å². The molecule has 0 aliphatic rings. The number of carbonyl (C=O) groups is 1. The highest BCUT2D eigenvalue weighted by Crippen LogP contribution is 2.25. The van der Waals surface area contributed by atoms with Gasteiger partial charge in [0, 0.05) is 0 Å². The summed E-state index contributed by atoms with van der Waals surface area (Å²) >= 11 is 11.7. The zero-order valence-electron chi connectivity index (χ0n) is 9.13. The summed E-state index contributed by atoms with van der Waals surface area (Å²) in [5.41, 5.74) is 0.923. The lowest BCUT2D eigenvalue weighted by molar-refractivity contribution is -0.117. The maximum absolute atomic E-state index is 11.3. The van der Waals surface area contributed by atoms with E-state index in [1.165, 1.54) is 6.08 Å². The average molecular weight is 258 g/mol. The van der Waals surface area contributed by atoms with E-state index in [1.54, 1.807) is 25.1 Å². The van der Waals surface area contributed by atoms with Crippen molar-refractivity contribution in [3.8, 4) is 0 Å². The van der Waals surface area contributed by atoms with Gasteiger partial charge in [0.2, 0.25) is 5.91 Å². The summed E-state index contributed by atoms with van der Waals surface area (Å²) in [4.78, 5) is 11.3. The van der Waals surface area contributed by atoms with E-state index in [0.717, 1.165) is 5.56 Å². The molecule has 86 valence electrons. The molecule has 1 aromatic carbocycles. The van der Waals surface area contributed by atoms with Crippen molar-refractivity contribution >= 4 is 29.1 Å². The van der Waals surface area contributed by atoms with E-state index in [1.807, 2.05) is 13.0 Å². The van der Waals surface area contributed by atoms with Crippen molar-refractivity contribution in [3.63, 3.8) is 0 Å². The molecule has 1 rings (SSSR count). The van der Waals surface area contributed by atoms with Crippen LogP contribution >= 0.6 is 23.2 Å². The maximum Gasteiger partial charge on any atom is 0.244 e. The molecule has 0 fully saturated rings. The lowest BCUT2D eigenvalue weighted by Crippen LogP contribution is -2.24. The molecule has 0 aliphatic heterocycles. The third kappa shape index (κ3) is 3.54. The quantitative estimate of drug-likeness (QED) is 0.822. The summed E-state index contributed by atoms with van der Waals surface area (Å²) in [7, 11) is 0. The number of carbonyl (C=O) groups excluding carboxylic acids is 1. The first kappa shape index (κ1) is 13.1. The topological polar surface area (TPSA) is 29.1 Å². The standard InChI is InChI=1S/C12H13Cl2NO/c1-3-4-12(16)15-8(2)9-5-6-10(13)11(14)7-9/h3-8H,1-2H3,(H,15,16). The smallest absolute Gasteiger partial charge is 0.244 e. The van der Waals surface area contributed by atoms with Crippen LogP contribution in [0.4, 0.5) is 0 Å². The summed E-state index contributed by atoms with van der Waals surface area (Å²) < 4.78 is 0. The average Bonchev–Trinajstić information content (AvgIpc) is 2.22. The zero-order valence-corrected chi connectivity index (χ0v) is 10.6. The highest BCUT2D eigenvalue weighted by Gasteiger charge is 2.08. The van der Waals surface area contributed by atoms with Gasteiger partial charge >= 0.3 is 0 Å². The second kappa shape index (κ2) is 5.92. The first-order valence-corrected chi connectivity index (χ1v) is 5.68. The van der Waals surface area contributed by atoms with Crippen LogP contribution in [0.5, 0.6) is 0 Å². The minimum Gasteiger partial charge on any atom is -0.346 e. The molecule has 0 saturated heterocycles. The molecule has 0 saturated carbocycles. The summed E-state index contributed by atoms with van der Waals surface area (Å²) in [5, 5.41) is 3.82. The van der Waals surface area contributed by atoms with E-state index < -0.39 is 0 Å². The second-order valence-corrected chi connectivity index (χ2v) is 4.22. The molecule has 1 amide bonds. The van der Waals surface area contributed by atoms with Gasteiger partial charge in [-0.25, -0.2) is 0 Å². The number of hydrogen-bond acceptors (Lipinski definition) is 1. The van der Waals surface area contributed by atoms with Gasteiger partial charge < -0.3 is 5.32 Å². The highest BCUT2D eigenvalue weighted by atomic mass is 35.5. The molecule has 0 aliphatic carbocycles. The van der Waals surface area contributed by atoms with Crippen LogP contribution in [0.15, 0.2) is 30.4 Å². The monoisotopic (exact) mass is 257 g/mol. The Bertz CT molecular complexity index is 415. The van der Waals surface area contributed by atoms with E-state index >= 15 is 0 Å². The first-order valence-electron chi connectivity index (χ1n) is 4.92. The Hall–Kier alpha value is -0.990. The van der Waals surface area contributed by atoms with Gasteiger partial charge in [-0.1, -0.05) is 35.3 Å². The van der Waals surface area contributed by atoms with Gasteiger partial charge in [0.1, 0.15) is 0 Å². The van der Waals surface area contributed by atoms with E-state index in [0.29, 0.717) is 10.0 Å². The molecular weight excluding hydrogens is 245 g/mol. The molecule has 1 unspecified atom stereocenters. The summed E-state index contributed by atoms with van der Waals surface area (Å²) in [6, 6.07) is 5.22. The molecule has 0 radical (unpaired) electrons. The molecule has 1 N–H and O–H groups in total. The van der Waals surface area contributed by atoms with Crippen LogP contribution < -0.4 is 5.32 Å². The minimum atomic E-state index is -0.124. The van der Waals surface area contributed by atoms with Crippen molar-refractivity contribution in [1.82, 2.24) is 5.32 Å². The van der Waals surface area contributed by atoms with Crippen LogP contribution in [0.25, 0.3) is 0 Å². The largest absolute Gasteiger partial charge is 0.346 e. The number of hydrogen-bond donors (Lipinski definition) is 1. The number of rotatable bonds is 3. The van der Waals surface area contributed by atoms with Crippen LogP contribution in [0.3, 0.4) is 0 Å². The van der Waals surface area contributed by atoms with Crippen molar-refractivity contribution < 1.29 is 4.79 Å². The zero-order chi connectivity index (χ0) is 12.1. The van der Waals surface area contributed by atoms with Crippen LogP contribution in [0.1, 0.15) is 25.5 Å². The van der Waals surface area contributed by atoms with E-state index in [9.17, 15) is 4.79 Å². The van der Waals surface area contributed by atoms with Crippen LogP contribution in [-0.2, 0) is 4.79 Å². The van der Waals surface area contributed by atoms with Crippen molar-refractivity contribution in [2.45, 2.75) is 19.9 Å². The summed E-state index contributed by atoms with van der Waals surface area (Å²) in [6.45, 7) is 3.68. The molecular formula is C12H13Cl2NO. The maximum atomic E-state index is 11.3. The highest BCUT2D eigenvalue weighted by molar-refractivity contribution is 6.42. The van der Waals surface area contributed by atoms with E-state index in [2.05, 4.69) is 5.32 Å². The molecule has 4 heteroatoms. The van der Waals surface area contributed by atoms with Gasteiger partial charge in [-0.05, 0) is 37.6 Å². The van der Waals surface area contributed by atoms with Crippen molar-refractivity contribution in [1.29, 1.82) is 0 Å². The predicted octanol–water partition coefficient (Wildman–Crippen LogP) is 3.75. The fourth-order valence-electron chi connectivity index (χ4n) is 1.28. The number of allylic oxidation sites excluding steroid dienone is 1. The minimum absolute atomic E-state index is 0.0986. The first-order chi connectivity index (χ1) is 7.54. The van der Waals surface area contributed by atoms with Crippen LogP contribution in [0, 0.1) is 0 Å². The van der Waals surface area contributed by atoms with Crippen molar-refractivity contribution in [2.24, 2.45) is 0 Å². The Morgan fingerprint density at radius 1 is 1.38 bits per heavy atom. The molecule has 0 heterocycles. The van der Waals surface area contributed by atoms with Crippen molar-refractivity contribution in [3.05, 3.63) is 46.0 Å². The Morgan fingerprint density at radius 2 is 2.06 bits per heavy atom. The fraction of sp³-hybridized carbons (Fsp3) is 0.250. The number of nitrogens with one attached hydrogen (secondary N) is 1. The molecule has 2 nitrogen and oxygen atoms in total. The molecule has 1 aromatic rings. The fourth-order valence-corrected chi connectivity index (χ4v) is 1.58. The second-order valence-electron chi connectivity index (χ2n) is 3.40. The normalized spacial score (nSPS) is 12.8. The third-order valence-corrected chi connectivity index (χ3v) is 2.86. The van der Waals surface area contributed by atoms with Gasteiger partial charge in [0.25, 0.3) is 0 Å². The molecule has 0 spiro atoms. The summed E-state index contributed by atoms with van der Waals surface area (Å²) in [5.74, 6) is -0.124. The summed E-state index contributed by atoms with van der Waals surface area (Å²) in [6.07, 6.45) is 3.17. The Balaban J connectivity index is 2.76. The Kier molecular flexibility index (Phi) is 4.84. The van der Waals surface area contributed by atoms with E-state index in [-0.39, 0.29) is 11.9 Å². The molecule has 1 atom stereocenters. The predicted molar refractivity (Wildman–Crippen MR) is 67.8 cm³/mol. The molecule has 0 aromatic heterocycles. The van der Waals surface area contributed by atoms with Gasteiger partial charge in [0.05, 0.1) is 16.1 Å². The number of benzene rings is 1. The molecule has 16 heavy (non-hydrogen) atoms. The number of halogens is 2. The third-order valence-electron chi connectivity index (χ3n) is 2.12. The van der Waals surface area contributed by atoms with Crippen LogP contribution in [0.2, 0.25) is 10.0 Å². The Labute approximate surface area is 105 Å². The Morgan fingerprint density at radius 3 is 2.62 bits per heavy atom. The van der Waals surface area contributed by atoms with Gasteiger partial charge in [0.15, 0.2) is 0 Å².